The van der Waals surface area contributed by atoms with Crippen molar-refractivity contribution < 1.29 is 43.3 Å². The molecule has 0 spiro atoms. The molecule has 0 heterocycles. The van der Waals surface area contributed by atoms with Gasteiger partial charge in [-0.3, -0.25) is 4.79 Å². The van der Waals surface area contributed by atoms with Crippen LogP contribution in [0, 0.1) is 0 Å². The van der Waals surface area contributed by atoms with Crippen LogP contribution in [0.3, 0.4) is 0 Å². The van der Waals surface area contributed by atoms with Gasteiger partial charge in [0.1, 0.15) is 0 Å². The molecular formula is C3H11NO9P2. The molecule has 0 atom stereocenters. The van der Waals surface area contributed by atoms with Crippen LogP contribution < -0.4 is 5.73 Å². The van der Waals surface area contributed by atoms with Gasteiger partial charge in [0.15, 0.2) is 0 Å². The quantitative estimate of drug-likeness (QED) is 0.203. The van der Waals surface area contributed by atoms with Crippen molar-refractivity contribution in [1.29, 1.82) is 0 Å². The van der Waals surface area contributed by atoms with Gasteiger partial charge in [-0.2, -0.15) is 0 Å². The summed E-state index contributed by atoms with van der Waals surface area (Å²) in [5, 5.41) is 0. The molecule has 0 unspecified atom stereocenters. The Morgan fingerprint density at radius 3 is 1.07 bits per heavy atom. The molecule has 0 saturated carbocycles. The van der Waals surface area contributed by atoms with Gasteiger partial charge in [0, 0.05) is 0 Å². The molecule has 0 aliphatic rings. The van der Waals surface area contributed by atoms with Crippen molar-refractivity contribution >= 4 is 21.6 Å². The number of hydrogen-bond donors (Lipinski definition) is 7. The molecule has 0 radical (unpaired) electrons. The van der Waals surface area contributed by atoms with E-state index in [4.69, 9.17) is 38.5 Å². The lowest BCUT2D eigenvalue weighted by atomic mass is 10.6. The summed E-state index contributed by atoms with van der Waals surface area (Å²) in [7, 11) is -9.28. The van der Waals surface area contributed by atoms with Crippen LogP contribution in [0.2, 0.25) is 0 Å². The average molecular weight is 267 g/mol. The molecule has 15 heavy (non-hydrogen) atoms. The van der Waals surface area contributed by atoms with Crippen molar-refractivity contribution in [1.82, 2.24) is 0 Å². The first-order chi connectivity index (χ1) is 6.27. The second-order valence-electron chi connectivity index (χ2n) is 1.63. The highest BCUT2D eigenvalue weighted by atomic mass is 31.2. The van der Waals surface area contributed by atoms with Crippen LogP contribution in [-0.2, 0) is 13.9 Å². The minimum atomic E-state index is -4.64. The summed E-state index contributed by atoms with van der Waals surface area (Å²) < 4.78 is 17.8. The smallest absolute Gasteiger partial charge is 0.366 e. The van der Waals surface area contributed by atoms with E-state index in [9.17, 15) is 4.79 Å². The van der Waals surface area contributed by atoms with Crippen molar-refractivity contribution in [2.24, 2.45) is 5.73 Å². The average Bonchev–Trinajstić information content (AvgIpc) is 1.79. The fraction of sp³-hybridized carbons (Fsp3) is 0. The summed E-state index contributed by atoms with van der Waals surface area (Å²) in [5.41, 5.74) is 4.53. The van der Waals surface area contributed by atoms with Crippen molar-refractivity contribution in [3.05, 3.63) is 12.7 Å². The van der Waals surface area contributed by atoms with Gasteiger partial charge >= 0.3 is 15.6 Å². The third-order valence-corrected chi connectivity index (χ3v) is 0.201. The number of carbonyl (C=O) groups excluding carboxylic acids is 1. The summed E-state index contributed by atoms with van der Waals surface area (Å²) >= 11 is 0. The molecule has 0 rings (SSSR count). The van der Waals surface area contributed by atoms with Crippen molar-refractivity contribution in [2.75, 3.05) is 0 Å². The summed E-state index contributed by atoms with van der Waals surface area (Å²) in [6, 6.07) is 0. The van der Waals surface area contributed by atoms with Gasteiger partial charge in [-0.25, -0.2) is 9.13 Å². The minimum absolute atomic E-state index is 0.481. The Hall–Kier alpha value is -0.570. The Kier molecular flexibility index (Phi) is 11.6. The largest absolute Gasteiger partial charge is 0.466 e. The number of carbonyl (C=O) groups is 1. The number of amides is 1. The monoisotopic (exact) mass is 267 g/mol. The van der Waals surface area contributed by atoms with Crippen LogP contribution in [0.15, 0.2) is 12.7 Å². The van der Waals surface area contributed by atoms with E-state index in [1.54, 1.807) is 0 Å². The predicted octanol–water partition coefficient (Wildman–Crippen LogP) is -2.20. The highest BCUT2D eigenvalue weighted by Crippen LogP contribution is 2.26. The van der Waals surface area contributed by atoms with Gasteiger partial charge in [-0.1, -0.05) is 6.58 Å². The van der Waals surface area contributed by atoms with Gasteiger partial charge in [0.05, 0.1) is 0 Å². The zero-order valence-electron chi connectivity index (χ0n) is 7.16. The standard InChI is InChI=1S/C3H5NO.2H3O4P/c1-2-3(4)5;2*1-5(2,3)4/h2H,1H2,(H2,4,5);2*(H3,1,2,3,4). The molecule has 0 fully saturated rings. The molecule has 0 aromatic rings. The van der Waals surface area contributed by atoms with E-state index < -0.39 is 21.6 Å². The van der Waals surface area contributed by atoms with Gasteiger partial charge in [-0.05, 0) is 6.08 Å². The second kappa shape index (κ2) is 8.72. The number of phosphoric acid groups is 2. The first-order valence-corrected chi connectivity index (χ1v) is 5.89. The summed E-state index contributed by atoms with van der Waals surface area (Å²) in [6.07, 6.45) is 1.06. The lowest BCUT2D eigenvalue weighted by molar-refractivity contribution is -0.113. The van der Waals surface area contributed by atoms with Crippen LogP contribution in [0.1, 0.15) is 0 Å². The maximum absolute atomic E-state index is 9.47. The van der Waals surface area contributed by atoms with E-state index in [-0.39, 0.29) is 0 Å². The molecule has 0 aromatic carbocycles. The Bertz CT molecular complexity index is 239. The summed E-state index contributed by atoms with van der Waals surface area (Å²) in [4.78, 5) is 52.6. The highest BCUT2D eigenvalue weighted by molar-refractivity contribution is 7.45. The first-order valence-electron chi connectivity index (χ1n) is 2.75. The van der Waals surface area contributed by atoms with E-state index in [0.717, 1.165) is 6.08 Å². The number of primary amides is 1. The SMILES string of the molecule is C=CC(N)=O.O=P(O)(O)O.O=P(O)(O)O. The van der Waals surface area contributed by atoms with Gasteiger partial charge in [-0.15, -0.1) is 0 Å². The molecule has 10 nitrogen and oxygen atoms in total. The lowest BCUT2D eigenvalue weighted by Crippen LogP contribution is -2.04. The maximum atomic E-state index is 9.47. The summed E-state index contributed by atoms with van der Waals surface area (Å²) in [5.74, 6) is -0.481. The van der Waals surface area contributed by atoms with Crippen molar-refractivity contribution in [3.8, 4) is 0 Å². The zero-order chi connectivity index (χ0) is 13.3. The van der Waals surface area contributed by atoms with Crippen LogP contribution in [0.4, 0.5) is 0 Å². The van der Waals surface area contributed by atoms with E-state index >= 15 is 0 Å². The number of nitrogens with two attached hydrogens (primary N) is 1. The molecule has 92 valence electrons. The first kappa shape index (κ1) is 19.9. The number of hydrogen-bond acceptors (Lipinski definition) is 3. The van der Waals surface area contributed by atoms with E-state index in [2.05, 4.69) is 12.3 Å². The lowest BCUT2D eigenvalue weighted by Gasteiger charge is -1.82. The number of rotatable bonds is 1. The van der Waals surface area contributed by atoms with E-state index in [0.29, 0.717) is 0 Å². The topological polar surface area (TPSA) is 199 Å². The Morgan fingerprint density at radius 2 is 1.07 bits per heavy atom. The Balaban J connectivity index is -0.000000144. The van der Waals surface area contributed by atoms with E-state index in [1.165, 1.54) is 0 Å². The Morgan fingerprint density at radius 1 is 1.00 bits per heavy atom. The Labute approximate surface area is 84.2 Å². The fourth-order valence-electron chi connectivity index (χ4n) is 0. The molecule has 1 amide bonds. The molecule has 0 saturated heterocycles. The van der Waals surface area contributed by atoms with Crippen molar-refractivity contribution in [3.63, 3.8) is 0 Å². The predicted molar refractivity (Wildman–Crippen MR) is 47.9 cm³/mol. The van der Waals surface area contributed by atoms with Gasteiger partial charge < -0.3 is 35.1 Å². The second-order valence-corrected chi connectivity index (χ2v) is 3.69. The fourth-order valence-corrected chi connectivity index (χ4v) is 0. The highest BCUT2D eigenvalue weighted by Gasteiger charge is 2.00. The zero-order valence-corrected chi connectivity index (χ0v) is 8.95. The molecule has 0 aliphatic carbocycles. The van der Waals surface area contributed by atoms with Crippen LogP contribution in [0.25, 0.3) is 0 Å². The van der Waals surface area contributed by atoms with Crippen LogP contribution >= 0.6 is 15.6 Å². The molecule has 12 heteroatoms. The summed E-state index contributed by atoms with van der Waals surface area (Å²) in [6.45, 7) is 3.09. The maximum Gasteiger partial charge on any atom is 0.466 e. The normalized spacial score (nSPS) is 10.0. The molecular weight excluding hydrogens is 256 g/mol. The van der Waals surface area contributed by atoms with Gasteiger partial charge in [0.2, 0.25) is 5.91 Å². The van der Waals surface area contributed by atoms with Crippen molar-refractivity contribution in [2.45, 2.75) is 0 Å². The molecule has 8 N–H and O–H groups in total. The third kappa shape index (κ3) is 858. The minimum Gasteiger partial charge on any atom is -0.366 e. The molecule has 0 aliphatic heterocycles. The molecule has 0 bridgehead atoms. The van der Waals surface area contributed by atoms with Crippen LogP contribution in [0.5, 0.6) is 0 Å². The molecule has 0 aromatic heterocycles. The van der Waals surface area contributed by atoms with Crippen LogP contribution in [-0.4, -0.2) is 35.3 Å². The van der Waals surface area contributed by atoms with Gasteiger partial charge in [0.25, 0.3) is 0 Å². The third-order valence-electron chi connectivity index (χ3n) is 0.201. The van der Waals surface area contributed by atoms with E-state index in [1.807, 2.05) is 0 Å².